The fourth-order valence-corrected chi connectivity index (χ4v) is 1.99. The first-order chi connectivity index (χ1) is 11.1. The van der Waals surface area contributed by atoms with E-state index in [2.05, 4.69) is 10.3 Å². The lowest BCUT2D eigenvalue weighted by Gasteiger charge is -2.16. The van der Waals surface area contributed by atoms with Crippen molar-refractivity contribution in [3.63, 3.8) is 0 Å². The van der Waals surface area contributed by atoms with E-state index in [1.165, 1.54) is 11.6 Å². The molecule has 0 radical (unpaired) electrons. The van der Waals surface area contributed by atoms with Gasteiger partial charge in [0.25, 0.3) is 0 Å². The van der Waals surface area contributed by atoms with Crippen molar-refractivity contribution in [2.24, 2.45) is 10.7 Å². The number of benzene rings is 2. The minimum Gasteiger partial charge on any atom is -0.485 e. The monoisotopic (exact) mass is 443 g/mol. The molecule has 0 amide bonds. The summed E-state index contributed by atoms with van der Waals surface area (Å²) in [5.41, 5.74) is 7.93. The van der Waals surface area contributed by atoms with Gasteiger partial charge in [-0.3, -0.25) is 0 Å². The molecule has 4 nitrogen and oxygen atoms in total. The topological polar surface area (TPSA) is 59.6 Å². The highest BCUT2D eigenvalue weighted by atomic mass is 127. The van der Waals surface area contributed by atoms with Crippen molar-refractivity contribution in [2.75, 3.05) is 11.9 Å². The van der Waals surface area contributed by atoms with Crippen LogP contribution in [0.5, 0.6) is 5.75 Å². The molecule has 0 bridgehead atoms. The molecule has 0 fully saturated rings. The van der Waals surface area contributed by atoms with Crippen molar-refractivity contribution in [2.45, 2.75) is 26.4 Å². The lowest BCUT2D eigenvalue weighted by atomic mass is 10.2. The molecule has 2 aromatic rings. The molecule has 0 saturated carbocycles. The summed E-state index contributed by atoms with van der Waals surface area (Å²) >= 11 is 0. The third-order valence-corrected chi connectivity index (χ3v) is 3.37. The Morgan fingerprint density at radius 3 is 2.50 bits per heavy atom. The molecule has 0 saturated heterocycles. The molecule has 1 atom stereocenters. The number of anilines is 1. The number of nitrogens with two attached hydrogens (primary N) is 1. The maximum Gasteiger partial charge on any atom is 0.193 e. The van der Waals surface area contributed by atoms with Gasteiger partial charge in [-0.05, 0) is 37.6 Å². The summed E-state index contributed by atoms with van der Waals surface area (Å²) < 4.78 is 19.3. The van der Waals surface area contributed by atoms with Crippen LogP contribution in [0.4, 0.5) is 10.1 Å². The summed E-state index contributed by atoms with van der Waals surface area (Å²) in [5, 5.41) is 3.02. The Kier molecular flexibility index (Phi) is 8.53. The average Bonchev–Trinajstić information content (AvgIpc) is 2.55. The highest BCUT2D eigenvalue weighted by Crippen LogP contribution is 2.18. The van der Waals surface area contributed by atoms with Gasteiger partial charge in [0, 0.05) is 5.69 Å². The van der Waals surface area contributed by atoms with Gasteiger partial charge in [-0.2, -0.15) is 0 Å². The highest BCUT2D eigenvalue weighted by Gasteiger charge is 2.10. The van der Waals surface area contributed by atoms with E-state index in [1.807, 2.05) is 38.1 Å². The molecule has 6 heteroatoms. The van der Waals surface area contributed by atoms with Crippen LogP contribution in [0.25, 0.3) is 0 Å². The summed E-state index contributed by atoms with van der Waals surface area (Å²) in [6.07, 6.45) is 0.473. The predicted octanol–water partition coefficient (Wildman–Crippen LogP) is 4.34. The number of hydrogen-bond acceptors (Lipinski definition) is 2. The Morgan fingerprint density at radius 1 is 1.21 bits per heavy atom. The van der Waals surface area contributed by atoms with Crippen molar-refractivity contribution in [3.05, 3.63) is 59.9 Å². The van der Waals surface area contributed by atoms with Gasteiger partial charge in [0.1, 0.15) is 6.10 Å². The summed E-state index contributed by atoms with van der Waals surface area (Å²) in [4.78, 5) is 4.27. The number of rotatable bonds is 6. The van der Waals surface area contributed by atoms with E-state index in [0.717, 1.165) is 5.69 Å². The number of aliphatic imine (C=N–C) groups is 1. The van der Waals surface area contributed by atoms with Crippen molar-refractivity contribution in [1.82, 2.24) is 0 Å². The third-order valence-electron chi connectivity index (χ3n) is 3.37. The molecular weight excluding hydrogens is 420 g/mol. The zero-order valence-electron chi connectivity index (χ0n) is 13.8. The Hall–Kier alpha value is -1.83. The molecule has 2 aromatic carbocycles. The lowest BCUT2D eigenvalue weighted by molar-refractivity contribution is 0.197. The SMILES string of the molecule is CCC(CN=C(N)Nc1ccc(C)cc1)Oc1ccccc1F.I. The van der Waals surface area contributed by atoms with Gasteiger partial charge < -0.3 is 15.8 Å². The summed E-state index contributed by atoms with van der Waals surface area (Å²) in [7, 11) is 0. The van der Waals surface area contributed by atoms with Gasteiger partial charge in [0.15, 0.2) is 17.5 Å². The van der Waals surface area contributed by atoms with Crippen LogP contribution in [-0.2, 0) is 0 Å². The van der Waals surface area contributed by atoms with Gasteiger partial charge >= 0.3 is 0 Å². The normalized spacial score (nSPS) is 12.2. The van der Waals surface area contributed by atoms with E-state index in [9.17, 15) is 4.39 Å². The zero-order chi connectivity index (χ0) is 16.7. The first kappa shape index (κ1) is 20.2. The molecule has 3 N–H and O–H groups in total. The quantitative estimate of drug-likeness (QED) is 0.397. The van der Waals surface area contributed by atoms with Crippen LogP contribution >= 0.6 is 24.0 Å². The second-order valence-electron chi connectivity index (χ2n) is 5.30. The highest BCUT2D eigenvalue weighted by molar-refractivity contribution is 14.0. The largest absolute Gasteiger partial charge is 0.485 e. The molecule has 24 heavy (non-hydrogen) atoms. The average molecular weight is 443 g/mol. The Labute approximate surface area is 159 Å². The van der Waals surface area contributed by atoms with Gasteiger partial charge in [0.2, 0.25) is 0 Å². The molecule has 0 aromatic heterocycles. The predicted molar refractivity (Wildman–Crippen MR) is 108 cm³/mol. The molecule has 0 heterocycles. The van der Waals surface area contributed by atoms with Crippen LogP contribution in [0.1, 0.15) is 18.9 Å². The standard InChI is InChI=1S/C18H22FN3O.HI/c1-3-15(23-17-7-5-4-6-16(17)19)12-21-18(20)22-14-10-8-13(2)9-11-14;/h4-11,15H,3,12H2,1-2H3,(H3,20,21,22);1H. The van der Waals surface area contributed by atoms with Gasteiger partial charge in [-0.15, -0.1) is 24.0 Å². The van der Waals surface area contributed by atoms with Crippen molar-refractivity contribution in [1.29, 1.82) is 0 Å². The fraction of sp³-hybridized carbons (Fsp3) is 0.278. The molecular formula is C18H23FIN3O. The number of ether oxygens (including phenoxy) is 1. The maximum absolute atomic E-state index is 13.6. The Balaban J connectivity index is 0.00000288. The first-order valence-corrected chi connectivity index (χ1v) is 7.63. The molecule has 0 aliphatic carbocycles. The van der Waals surface area contributed by atoms with Crippen molar-refractivity contribution in [3.8, 4) is 5.75 Å². The van der Waals surface area contributed by atoms with E-state index in [0.29, 0.717) is 18.9 Å². The maximum atomic E-state index is 13.6. The van der Waals surface area contributed by atoms with E-state index in [4.69, 9.17) is 10.5 Å². The van der Waals surface area contributed by atoms with Crippen molar-refractivity contribution >= 4 is 35.6 Å². The molecule has 0 aliphatic heterocycles. The van der Waals surface area contributed by atoms with Gasteiger partial charge in [0.05, 0.1) is 6.54 Å². The number of nitrogens with zero attached hydrogens (tertiary/aromatic N) is 1. The smallest absolute Gasteiger partial charge is 0.193 e. The van der Waals surface area contributed by atoms with Crippen LogP contribution in [0, 0.1) is 12.7 Å². The number of halogens is 2. The van der Waals surface area contributed by atoms with Crippen LogP contribution in [0.2, 0.25) is 0 Å². The van der Waals surface area contributed by atoms with Gasteiger partial charge in [-0.25, -0.2) is 9.38 Å². The van der Waals surface area contributed by atoms with E-state index in [-0.39, 0.29) is 41.6 Å². The number of guanidine groups is 1. The number of hydrogen-bond donors (Lipinski definition) is 2. The lowest BCUT2D eigenvalue weighted by Crippen LogP contribution is -2.26. The summed E-state index contributed by atoms with van der Waals surface area (Å²) in [6, 6.07) is 14.2. The summed E-state index contributed by atoms with van der Waals surface area (Å²) in [6.45, 7) is 4.34. The minimum atomic E-state index is -0.374. The molecule has 1 unspecified atom stereocenters. The molecule has 130 valence electrons. The van der Waals surface area contributed by atoms with E-state index >= 15 is 0 Å². The number of aryl methyl sites for hydroxylation is 1. The number of para-hydroxylation sites is 1. The molecule has 0 spiro atoms. The minimum absolute atomic E-state index is 0. The van der Waals surface area contributed by atoms with E-state index in [1.54, 1.807) is 18.2 Å². The zero-order valence-corrected chi connectivity index (χ0v) is 16.2. The van der Waals surface area contributed by atoms with Gasteiger partial charge in [-0.1, -0.05) is 36.8 Å². The fourth-order valence-electron chi connectivity index (χ4n) is 1.99. The van der Waals surface area contributed by atoms with E-state index < -0.39 is 0 Å². The Morgan fingerprint density at radius 2 is 1.88 bits per heavy atom. The van der Waals surface area contributed by atoms with Crippen molar-refractivity contribution < 1.29 is 9.13 Å². The summed E-state index contributed by atoms with van der Waals surface area (Å²) in [5.74, 6) is 0.171. The molecule has 2 rings (SSSR count). The Bertz CT molecular complexity index is 662. The third kappa shape index (κ3) is 6.35. The van der Waals surface area contributed by atoms with Crippen LogP contribution in [-0.4, -0.2) is 18.6 Å². The second kappa shape index (κ2) is 10.1. The van der Waals surface area contributed by atoms with Crippen LogP contribution < -0.4 is 15.8 Å². The second-order valence-corrected chi connectivity index (χ2v) is 5.30. The molecule has 0 aliphatic rings. The van der Waals surface area contributed by atoms with Crippen LogP contribution in [0.3, 0.4) is 0 Å². The van der Waals surface area contributed by atoms with Crippen LogP contribution in [0.15, 0.2) is 53.5 Å². The first-order valence-electron chi connectivity index (χ1n) is 7.63. The number of nitrogens with one attached hydrogen (secondary N) is 1.